The first-order chi connectivity index (χ1) is 12.4. The lowest BCUT2D eigenvalue weighted by molar-refractivity contribution is 0.137. The number of carbonyl (C=O) groups excluding carboxylic acids is 1. The van der Waals surface area contributed by atoms with Crippen molar-refractivity contribution >= 4 is 11.8 Å². The third-order valence-corrected chi connectivity index (χ3v) is 4.74. The minimum Gasteiger partial charge on any atom is -0.444 e. The Kier molecular flexibility index (Phi) is 4.99. The molecule has 2 aromatic rings. The summed E-state index contributed by atoms with van der Waals surface area (Å²) in [7, 11) is 0. The second kappa shape index (κ2) is 7.21. The van der Waals surface area contributed by atoms with Crippen molar-refractivity contribution in [1.82, 2.24) is 0 Å². The molecule has 1 heterocycles. The number of amides is 1. The highest BCUT2D eigenvalue weighted by molar-refractivity contribution is 5.89. The largest absolute Gasteiger partial charge is 0.444 e. The van der Waals surface area contributed by atoms with Crippen molar-refractivity contribution in [3.63, 3.8) is 0 Å². The zero-order valence-corrected chi connectivity index (χ0v) is 15.5. The lowest BCUT2D eigenvalue weighted by Gasteiger charge is -2.19. The van der Waals surface area contributed by atoms with E-state index in [1.54, 1.807) is 23.1 Å². The zero-order chi connectivity index (χ0) is 18.7. The van der Waals surface area contributed by atoms with Gasteiger partial charge in [0.1, 0.15) is 6.10 Å². The van der Waals surface area contributed by atoms with Gasteiger partial charge in [-0.05, 0) is 47.6 Å². The fraction of sp³-hybridized carbons (Fsp3) is 0.364. The molecule has 0 spiro atoms. The van der Waals surface area contributed by atoms with Crippen LogP contribution in [0.15, 0.2) is 48.5 Å². The molecule has 1 amide bonds. The van der Waals surface area contributed by atoms with Gasteiger partial charge < -0.3 is 4.74 Å². The van der Waals surface area contributed by atoms with Crippen molar-refractivity contribution in [3.8, 4) is 6.07 Å². The van der Waals surface area contributed by atoms with Gasteiger partial charge in [0, 0.05) is 5.69 Å². The molecule has 1 saturated heterocycles. The number of anilines is 1. The van der Waals surface area contributed by atoms with E-state index in [-0.39, 0.29) is 17.6 Å². The van der Waals surface area contributed by atoms with E-state index in [4.69, 9.17) is 10.00 Å². The van der Waals surface area contributed by atoms with E-state index in [0.717, 1.165) is 12.8 Å². The number of rotatable bonds is 4. The SMILES string of the molecule is CC(C)(C)c1ccc(CC[C@@H]2CN(c3cccc(C#N)c3)C(=O)O2)cc1. The number of nitriles is 1. The number of benzene rings is 2. The van der Waals surface area contributed by atoms with Gasteiger partial charge >= 0.3 is 6.09 Å². The summed E-state index contributed by atoms with van der Waals surface area (Å²) in [5, 5.41) is 9.02. The highest BCUT2D eigenvalue weighted by Crippen LogP contribution is 2.26. The van der Waals surface area contributed by atoms with Gasteiger partial charge in [0.15, 0.2) is 0 Å². The number of aryl methyl sites for hydroxylation is 1. The monoisotopic (exact) mass is 348 g/mol. The predicted molar refractivity (Wildman–Crippen MR) is 102 cm³/mol. The third-order valence-electron chi connectivity index (χ3n) is 4.74. The van der Waals surface area contributed by atoms with Crippen molar-refractivity contribution in [3.05, 3.63) is 65.2 Å². The number of hydrogen-bond donors (Lipinski definition) is 0. The number of nitrogens with zero attached hydrogens (tertiary/aromatic N) is 2. The van der Waals surface area contributed by atoms with Crippen LogP contribution in [0.5, 0.6) is 0 Å². The van der Waals surface area contributed by atoms with E-state index >= 15 is 0 Å². The normalized spacial score (nSPS) is 17.1. The highest BCUT2D eigenvalue weighted by Gasteiger charge is 2.32. The molecule has 3 rings (SSSR count). The maximum absolute atomic E-state index is 12.2. The fourth-order valence-corrected chi connectivity index (χ4v) is 3.13. The Morgan fingerprint density at radius 1 is 1.19 bits per heavy atom. The van der Waals surface area contributed by atoms with Gasteiger partial charge in [0.25, 0.3) is 0 Å². The molecule has 0 aliphatic carbocycles. The molecular formula is C22H24N2O2. The summed E-state index contributed by atoms with van der Waals surface area (Å²) in [4.78, 5) is 13.8. The lowest BCUT2D eigenvalue weighted by atomic mass is 9.86. The molecule has 1 aliphatic heterocycles. The summed E-state index contributed by atoms with van der Waals surface area (Å²) in [5.41, 5.74) is 3.97. The number of hydrogen-bond acceptors (Lipinski definition) is 3. The van der Waals surface area contributed by atoms with Gasteiger partial charge in [-0.15, -0.1) is 0 Å². The quantitative estimate of drug-likeness (QED) is 0.796. The van der Waals surface area contributed by atoms with Crippen molar-refractivity contribution in [1.29, 1.82) is 5.26 Å². The minimum atomic E-state index is -0.340. The molecule has 1 fully saturated rings. The van der Waals surface area contributed by atoms with Gasteiger partial charge in [0.2, 0.25) is 0 Å². The van der Waals surface area contributed by atoms with Gasteiger partial charge in [0.05, 0.1) is 18.2 Å². The van der Waals surface area contributed by atoms with Crippen molar-refractivity contribution in [2.75, 3.05) is 11.4 Å². The van der Waals surface area contributed by atoms with Crippen LogP contribution in [0, 0.1) is 11.3 Å². The van der Waals surface area contributed by atoms with Crippen LogP contribution < -0.4 is 4.90 Å². The number of carbonyl (C=O) groups is 1. The Balaban J connectivity index is 1.60. The number of cyclic esters (lactones) is 1. The first-order valence-corrected chi connectivity index (χ1v) is 8.94. The smallest absolute Gasteiger partial charge is 0.414 e. The molecule has 4 heteroatoms. The molecular weight excluding hydrogens is 324 g/mol. The maximum Gasteiger partial charge on any atom is 0.414 e. The Bertz CT molecular complexity index is 828. The molecule has 0 bridgehead atoms. The first-order valence-electron chi connectivity index (χ1n) is 8.94. The average molecular weight is 348 g/mol. The second-order valence-electron chi connectivity index (χ2n) is 7.76. The van der Waals surface area contributed by atoms with E-state index in [1.165, 1.54) is 11.1 Å². The van der Waals surface area contributed by atoms with Crippen molar-refractivity contribution in [2.45, 2.75) is 45.1 Å². The van der Waals surface area contributed by atoms with E-state index in [9.17, 15) is 4.79 Å². The van der Waals surface area contributed by atoms with Crippen LogP contribution in [0.2, 0.25) is 0 Å². The molecule has 26 heavy (non-hydrogen) atoms. The topological polar surface area (TPSA) is 53.3 Å². The molecule has 0 saturated carbocycles. The summed E-state index contributed by atoms with van der Waals surface area (Å²) in [6.07, 6.45) is 1.19. The summed E-state index contributed by atoms with van der Waals surface area (Å²) in [6.45, 7) is 7.13. The standard InChI is InChI=1S/C22H24N2O2/c1-22(2,3)18-10-7-16(8-11-18)9-12-20-15-24(21(25)26-20)19-6-4-5-17(13-19)14-23/h4-8,10-11,13,20H,9,12,15H2,1-3H3/t20-/m1/s1. The molecule has 1 aliphatic rings. The molecule has 0 unspecified atom stereocenters. The van der Waals surface area contributed by atoms with Gasteiger partial charge in [-0.25, -0.2) is 4.79 Å². The maximum atomic E-state index is 12.2. The summed E-state index contributed by atoms with van der Waals surface area (Å²) < 4.78 is 5.51. The molecule has 0 aromatic heterocycles. The van der Waals surface area contributed by atoms with E-state index < -0.39 is 0 Å². The van der Waals surface area contributed by atoms with Crippen LogP contribution in [-0.2, 0) is 16.6 Å². The van der Waals surface area contributed by atoms with Crippen LogP contribution in [0.3, 0.4) is 0 Å². The number of ether oxygens (including phenoxy) is 1. The minimum absolute atomic E-state index is 0.129. The Hall–Kier alpha value is -2.80. The van der Waals surface area contributed by atoms with Crippen LogP contribution in [0.1, 0.15) is 43.9 Å². The molecule has 1 atom stereocenters. The van der Waals surface area contributed by atoms with Crippen LogP contribution in [0.25, 0.3) is 0 Å². The average Bonchev–Trinajstić information content (AvgIpc) is 3.00. The highest BCUT2D eigenvalue weighted by atomic mass is 16.6. The van der Waals surface area contributed by atoms with E-state index in [0.29, 0.717) is 17.8 Å². The molecule has 134 valence electrons. The Morgan fingerprint density at radius 2 is 1.92 bits per heavy atom. The lowest BCUT2D eigenvalue weighted by Crippen LogP contribution is -2.24. The van der Waals surface area contributed by atoms with Crippen LogP contribution in [-0.4, -0.2) is 18.7 Å². The van der Waals surface area contributed by atoms with E-state index in [2.05, 4.69) is 51.1 Å². The Labute approximate surface area is 155 Å². The summed E-state index contributed by atoms with van der Waals surface area (Å²) in [6, 6.07) is 17.8. The second-order valence-corrected chi connectivity index (χ2v) is 7.76. The van der Waals surface area contributed by atoms with Gasteiger partial charge in [-0.2, -0.15) is 5.26 Å². The molecule has 0 radical (unpaired) electrons. The molecule has 4 nitrogen and oxygen atoms in total. The third kappa shape index (κ3) is 4.05. The molecule has 2 aromatic carbocycles. The molecule has 0 N–H and O–H groups in total. The Morgan fingerprint density at radius 3 is 2.58 bits per heavy atom. The summed E-state index contributed by atoms with van der Waals surface area (Å²) in [5.74, 6) is 0. The van der Waals surface area contributed by atoms with Crippen LogP contribution in [0.4, 0.5) is 10.5 Å². The predicted octanol–water partition coefficient (Wildman–Crippen LogP) is 4.81. The van der Waals surface area contributed by atoms with Crippen LogP contribution >= 0.6 is 0 Å². The van der Waals surface area contributed by atoms with Gasteiger partial charge in [-0.3, -0.25) is 4.90 Å². The van der Waals surface area contributed by atoms with Gasteiger partial charge in [-0.1, -0.05) is 51.1 Å². The first kappa shape index (κ1) is 18.0. The summed E-state index contributed by atoms with van der Waals surface area (Å²) >= 11 is 0. The van der Waals surface area contributed by atoms with E-state index in [1.807, 2.05) is 6.07 Å². The fourth-order valence-electron chi connectivity index (χ4n) is 3.13. The van der Waals surface area contributed by atoms with Crippen molar-refractivity contribution in [2.24, 2.45) is 0 Å². The van der Waals surface area contributed by atoms with Crippen molar-refractivity contribution < 1.29 is 9.53 Å². The zero-order valence-electron chi connectivity index (χ0n) is 15.5.